The fourth-order valence-electron chi connectivity index (χ4n) is 3.32. The Labute approximate surface area is 124 Å². The first kappa shape index (κ1) is 16.0. The van der Waals surface area contributed by atoms with Gasteiger partial charge in [0.25, 0.3) is 0 Å². The van der Waals surface area contributed by atoms with E-state index in [-0.39, 0.29) is 24.3 Å². The highest BCUT2D eigenvalue weighted by Crippen LogP contribution is 2.48. The maximum absolute atomic E-state index is 12.3. The predicted octanol–water partition coefficient (Wildman–Crippen LogP) is 0.413. The normalized spacial score (nSPS) is 32.9. The summed E-state index contributed by atoms with van der Waals surface area (Å²) in [5.41, 5.74) is -1.06. The Bertz CT molecular complexity index is 445. The van der Waals surface area contributed by atoms with Crippen LogP contribution in [0.5, 0.6) is 0 Å². The van der Waals surface area contributed by atoms with Gasteiger partial charge in [0.05, 0.1) is 17.4 Å². The first-order chi connectivity index (χ1) is 9.85. The zero-order valence-corrected chi connectivity index (χ0v) is 12.4. The molecule has 0 aromatic heterocycles. The maximum Gasteiger partial charge on any atom is 0.307 e. The Morgan fingerprint density at radius 2 is 1.95 bits per heavy atom. The van der Waals surface area contributed by atoms with Gasteiger partial charge < -0.3 is 20.3 Å². The zero-order chi connectivity index (χ0) is 15.6. The van der Waals surface area contributed by atoms with Crippen LogP contribution in [0.2, 0.25) is 0 Å². The summed E-state index contributed by atoms with van der Waals surface area (Å²) in [6.07, 6.45) is 4.98. The first-order valence-corrected chi connectivity index (χ1v) is 7.26. The monoisotopic (exact) mass is 297 g/mol. The Morgan fingerprint density at radius 3 is 2.52 bits per heavy atom. The van der Waals surface area contributed by atoms with E-state index >= 15 is 0 Å². The number of ether oxygens (including phenoxy) is 1. The maximum atomic E-state index is 12.3. The number of amides is 1. The van der Waals surface area contributed by atoms with Crippen molar-refractivity contribution in [2.24, 2.45) is 23.7 Å². The molecule has 5 atom stereocenters. The molecule has 0 aromatic carbocycles. The number of aliphatic carboxylic acids is 1. The molecule has 3 N–H and O–H groups in total. The molecule has 2 rings (SSSR count). The molecule has 0 aromatic rings. The molecule has 0 spiro atoms. The van der Waals surface area contributed by atoms with Gasteiger partial charge in [0, 0.05) is 26.7 Å². The van der Waals surface area contributed by atoms with Gasteiger partial charge in [-0.05, 0) is 25.2 Å². The number of aliphatic hydroxyl groups is 1. The van der Waals surface area contributed by atoms with Gasteiger partial charge in [0.15, 0.2) is 0 Å². The van der Waals surface area contributed by atoms with Gasteiger partial charge in [-0.1, -0.05) is 12.2 Å². The minimum Gasteiger partial charge on any atom is -0.481 e. The van der Waals surface area contributed by atoms with E-state index in [1.165, 1.54) is 0 Å². The Balaban J connectivity index is 1.94. The van der Waals surface area contributed by atoms with Crippen LogP contribution in [-0.2, 0) is 14.3 Å². The highest BCUT2D eigenvalue weighted by molar-refractivity contribution is 5.86. The van der Waals surface area contributed by atoms with Crippen LogP contribution in [-0.4, -0.2) is 48.0 Å². The number of allylic oxidation sites excluding steroid dienone is 2. The number of methoxy groups -OCH3 is 1. The van der Waals surface area contributed by atoms with Crippen LogP contribution in [0.1, 0.15) is 19.8 Å². The van der Waals surface area contributed by atoms with Gasteiger partial charge >= 0.3 is 5.97 Å². The van der Waals surface area contributed by atoms with Crippen molar-refractivity contribution in [3.8, 4) is 0 Å². The molecule has 1 fully saturated rings. The third kappa shape index (κ3) is 3.44. The third-order valence-corrected chi connectivity index (χ3v) is 4.54. The summed E-state index contributed by atoms with van der Waals surface area (Å²) in [4.78, 5) is 23.7. The fraction of sp³-hybridized carbons (Fsp3) is 0.733. The SMILES string of the molecule is COCCC(C)(O)CNC(=O)[C@H]1C2C=CC(C2)[C@H]1C(=O)O. The molecule has 0 radical (unpaired) electrons. The van der Waals surface area contributed by atoms with Crippen LogP contribution in [0.15, 0.2) is 12.2 Å². The van der Waals surface area contributed by atoms with Gasteiger partial charge in [0.2, 0.25) is 5.91 Å². The average Bonchev–Trinajstić information content (AvgIpc) is 3.03. The molecule has 0 heterocycles. The molecule has 3 unspecified atom stereocenters. The van der Waals surface area contributed by atoms with E-state index in [1.807, 2.05) is 12.2 Å². The largest absolute Gasteiger partial charge is 0.481 e. The second-order valence-electron chi connectivity index (χ2n) is 6.30. The molecule has 2 aliphatic rings. The van der Waals surface area contributed by atoms with E-state index in [2.05, 4.69) is 5.32 Å². The van der Waals surface area contributed by atoms with Crippen molar-refractivity contribution in [1.29, 1.82) is 0 Å². The Hall–Kier alpha value is -1.40. The zero-order valence-electron chi connectivity index (χ0n) is 12.4. The van der Waals surface area contributed by atoms with Gasteiger partial charge in [-0.15, -0.1) is 0 Å². The van der Waals surface area contributed by atoms with Crippen molar-refractivity contribution in [1.82, 2.24) is 5.32 Å². The predicted molar refractivity (Wildman–Crippen MR) is 75.5 cm³/mol. The minimum atomic E-state index is -1.06. The van der Waals surface area contributed by atoms with Gasteiger partial charge in [0.1, 0.15) is 0 Å². The van der Waals surface area contributed by atoms with Crippen molar-refractivity contribution < 1.29 is 24.5 Å². The van der Waals surface area contributed by atoms with Crippen LogP contribution in [0.4, 0.5) is 0 Å². The van der Waals surface area contributed by atoms with E-state index in [4.69, 9.17) is 4.74 Å². The second kappa shape index (κ2) is 6.15. The summed E-state index contributed by atoms with van der Waals surface area (Å²) >= 11 is 0. The van der Waals surface area contributed by atoms with Crippen molar-refractivity contribution >= 4 is 11.9 Å². The van der Waals surface area contributed by atoms with Crippen LogP contribution in [0.25, 0.3) is 0 Å². The molecule has 0 saturated heterocycles. The van der Waals surface area contributed by atoms with Gasteiger partial charge in [-0.3, -0.25) is 9.59 Å². The van der Waals surface area contributed by atoms with Crippen LogP contribution in [0, 0.1) is 23.7 Å². The number of nitrogens with one attached hydrogen (secondary N) is 1. The van der Waals surface area contributed by atoms with Gasteiger partial charge in [-0.25, -0.2) is 0 Å². The number of hydrogen-bond acceptors (Lipinski definition) is 4. The summed E-state index contributed by atoms with van der Waals surface area (Å²) in [7, 11) is 1.55. The molecule has 2 aliphatic carbocycles. The lowest BCUT2D eigenvalue weighted by Crippen LogP contribution is -2.46. The van der Waals surface area contributed by atoms with Crippen LogP contribution in [0.3, 0.4) is 0 Å². The van der Waals surface area contributed by atoms with Crippen molar-refractivity contribution in [2.45, 2.75) is 25.4 Å². The van der Waals surface area contributed by atoms with E-state index in [0.717, 1.165) is 6.42 Å². The van der Waals surface area contributed by atoms with E-state index in [0.29, 0.717) is 13.0 Å². The molecule has 21 heavy (non-hydrogen) atoms. The number of carbonyl (C=O) groups is 2. The quantitative estimate of drug-likeness (QED) is 0.592. The summed E-state index contributed by atoms with van der Waals surface area (Å²) in [6, 6.07) is 0. The second-order valence-corrected chi connectivity index (χ2v) is 6.30. The number of carboxylic acid groups (broad SMARTS) is 1. The molecule has 118 valence electrons. The smallest absolute Gasteiger partial charge is 0.307 e. The highest BCUT2D eigenvalue weighted by atomic mass is 16.5. The summed E-state index contributed by atoms with van der Waals surface area (Å²) in [5, 5.41) is 22.1. The fourth-order valence-corrected chi connectivity index (χ4v) is 3.32. The summed E-state index contributed by atoms with van der Waals surface area (Å²) in [5.74, 6) is -2.42. The Morgan fingerprint density at radius 1 is 1.33 bits per heavy atom. The lowest BCUT2D eigenvalue weighted by Gasteiger charge is -2.27. The lowest BCUT2D eigenvalue weighted by atomic mass is 9.82. The summed E-state index contributed by atoms with van der Waals surface area (Å²) < 4.78 is 4.91. The topological polar surface area (TPSA) is 95.9 Å². The van der Waals surface area contributed by atoms with E-state index < -0.39 is 23.4 Å². The molecule has 2 bridgehead atoms. The number of hydrogen-bond donors (Lipinski definition) is 3. The minimum absolute atomic E-state index is 0.0000223. The van der Waals surface area contributed by atoms with Gasteiger partial charge in [-0.2, -0.15) is 0 Å². The van der Waals surface area contributed by atoms with Crippen LogP contribution < -0.4 is 5.32 Å². The molecule has 6 nitrogen and oxygen atoms in total. The Kier molecular flexibility index (Phi) is 4.68. The molecule has 1 amide bonds. The van der Waals surface area contributed by atoms with Crippen molar-refractivity contribution in [3.05, 3.63) is 12.2 Å². The number of carbonyl (C=O) groups excluding carboxylic acids is 1. The number of fused-ring (bicyclic) bond motifs is 2. The van der Waals surface area contributed by atoms with Crippen molar-refractivity contribution in [3.63, 3.8) is 0 Å². The van der Waals surface area contributed by atoms with Crippen LogP contribution >= 0.6 is 0 Å². The first-order valence-electron chi connectivity index (χ1n) is 7.26. The molecular weight excluding hydrogens is 274 g/mol. The van der Waals surface area contributed by atoms with Crippen molar-refractivity contribution in [2.75, 3.05) is 20.3 Å². The molecule has 1 saturated carbocycles. The number of carboxylic acids is 1. The third-order valence-electron chi connectivity index (χ3n) is 4.54. The average molecular weight is 297 g/mol. The standard InChI is InChI=1S/C15H23NO5/c1-15(20,5-6-21-2)8-16-13(17)11-9-3-4-10(7-9)12(11)14(18)19/h3-4,9-12,20H,5-8H2,1-2H3,(H,16,17)(H,18,19)/t9?,10?,11-,12+,15?/m0/s1. The van der Waals surface area contributed by atoms with E-state index in [1.54, 1.807) is 14.0 Å². The summed E-state index contributed by atoms with van der Waals surface area (Å²) in [6.45, 7) is 2.12. The number of rotatable bonds is 7. The highest BCUT2D eigenvalue weighted by Gasteiger charge is 2.51. The molecule has 6 heteroatoms. The molecular formula is C15H23NO5. The molecule has 0 aliphatic heterocycles. The lowest BCUT2D eigenvalue weighted by molar-refractivity contribution is -0.148. The van der Waals surface area contributed by atoms with E-state index in [9.17, 15) is 19.8 Å².